The van der Waals surface area contributed by atoms with E-state index in [4.69, 9.17) is 23.3 Å². The van der Waals surface area contributed by atoms with E-state index in [1.165, 1.54) is 0 Å². The normalized spacial score (nSPS) is 0.833. The maximum absolute atomic E-state index is 7.50. The van der Waals surface area contributed by atoms with Crippen LogP contribution in [0.25, 0.3) is 0 Å². The summed E-state index contributed by atoms with van der Waals surface area (Å²) in [6.07, 6.45) is 0. The van der Waals surface area contributed by atoms with Gasteiger partial charge in [-0.15, -0.1) is 0 Å². The molecule has 64 valence electrons. The van der Waals surface area contributed by atoms with Gasteiger partial charge in [0, 0.05) is 17.1 Å². The zero-order chi connectivity index (χ0) is 10.0. The average Bonchev–Trinajstić information content (AvgIpc) is 2.20. The molecule has 12 heavy (non-hydrogen) atoms. The van der Waals surface area contributed by atoms with E-state index in [1.807, 2.05) is 0 Å². The van der Waals surface area contributed by atoms with Crippen LogP contribution >= 0.6 is 0 Å². The maximum Gasteiger partial charge on any atom is 0 e. The van der Waals surface area contributed by atoms with Crippen molar-refractivity contribution in [3.05, 3.63) is 33.3 Å². The minimum absolute atomic E-state index is 0. The van der Waals surface area contributed by atoms with Crippen molar-refractivity contribution in [2.75, 3.05) is 0 Å². The van der Waals surface area contributed by atoms with Crippen molar-refractivity contribution in [3.63, 3.8) is 0 Å². The maximum atomic E-state index is 7.50. The Bertz CT molecular complexity index is 78.4. The Balaban J connectivity index is -0.00000000500. The van der Waals surface area contributed by atoms with Crippen LogP contribution in [-0.2, 0) is 40.3 Å². The van der Waals surface area contributed by atoms with Gasteiger partial charge in [0.15, 0.2) is 0 Å². The molecule has 0 fully saturated rings. The van der Waals surface area contributed by atoms with Crippen molar-refractivity contribution < 1.29 is 40.3 Å². The fourth-order valence-electron chi connectivity index (χ4n) is 0. The van der Waals surface area contributed by atoms with Gasteiger partial charge in [-0.05, 0) is 0 Å². The molecule has 0 saturated heterocycles. The molecule has 0 bridgehead atoms. The van der Waals surface area contributed by atoms with Crippen LogP contribution in [0.2, 0.25) is 0 Å². The molecule has 0 rings (SSSR count). The largest absolute Gasteiger partial charge is 0 e. The topological polar surface area (TPSA) is 99.5 Å². The molecule has 0 aromatic rings. The fraction of sp³-hybridized carbons (Fsp3) is 0. The molecule has 0 unspecified atom stereocenters. The Morgan fingerprint density at radius 1 is 0.417 bits per heavy atom. The van der Waals surface area contributed by atoms with Gasteiger partial charge in [0.25, 0.3) is 0 Å². The van der Waals surface area contributed by atoms with Gasteiger partial charge in [-0.3, -0.25) is 0 Å². The zero-order valence-corrected chi connectivity index (χ0v) is 11.3. The van der Waals surface area contributed by atoms with Crippen molar-refractivity contribution in [2.45, 2.75) is 0 Å². The monoisotopic (exact) mass is 272 g/mol. The van der Waals surface area contributed by atoms with E-state index in [2.05, 4.69) is 33.3 Å². The molecule has 0 aromatic carbocycles. The number of hydrogen-bond acceptors (Lipinski definition) is 0. The first-order chi connectivity index (χ1) is 5.00. The Labute approximate surface area is 91.3 Å². The van der Waals surface area contributed by atoms with Crippen LogP contribution in [0.4, 0.5) is 0 Å². The van der Waals surface area contributed by atoms with Gasteiger partial charge < -0.3 is 0 Å². The summed E-state index contributed by atoms with van der Waals surface area (Å²) < 4.78 is 37.5. The second-order valence-corrected chi connectivity index (χ2v) is 0. The quantitative estimate of drug-likeness (QED) is 0.295. The molecule has 0 aliphatic heterocycles. The average molecular weight is 271 g/mol. The standard InChI is InChI=1S/5CO.GeH3.Mn/c5*1-2;;/h;;;;;1H3;. The predicted octanol–water partition coefficient (Wildman–Crippen LogP) is -1.37. The summed E-state index contributed by atoms with van der Waals surface area (Å²) in [5.74, 6) is 0. The summed E-state index contributed by atoms with van der Waals surface area (Å²) in [6.45, 7) is 22.5. The third kappa shape index (κ3) is 13300. The van der Waals surface area contributed by atoms with E-state index < -0.39 is 0 Å². The molecule has 0 atom stereocenters. The molecule has 2 radical (unpaired) electrons. The van der Waals surface area contributed by atoms with Crippen molar-refractivity contribution in [3.8, 4) is 0 Å². The summed E-state index contributed by atoms with van der Waals surface area (Å²) >= 11 is 0. The van der Waals surface area contributed by atoms with Gasteiger partial charge in [0.1, 0.15) is 0 Å². The van der Waals surface area contributed by atoms with E-state index in [9.17, 15) is 0 Å². The number of rotatable bonds is 0. The van der Waals surface area contributed by atoms with E-state index in [-0.39, 0.29) is 34.7 Å². The van der Waals surface area contributed by atoms with Crippen molar-refractivity contribution in [1.29, 1.82) is 0 Å². The molecule has 0 aliphatic carbocycles. The Morgan fingerprint density at radius 3 is 0.417 bits per heavy atom. The molecule has 0 aromatic heterocycles. The minimum atomic E-state index is 0. The minimum Gasteiger partial charge on any atom is 0 e. The first-order valence-electron chi connectivity index (χ1n) is 1.02. The zero-order valence-electron chi connectivity index (χ0n) is 5.92. The van der Waals surface area contributed by atoms with Gasteiger partial charge in [0.2, 0.25) is 0 Å². The van der Waals surface area contributed by atoms with E-state index in [1.54, 1.807) is 0 Å². The third-order valence-corrected chi connectivity index (χ3v) is 0. The molecule has 0 heterocycles. The molecule has 0 spiro atoms. The Hall–Kier alpha value is -0.238. The molecule has 0 saturated carbocycles. The van der Waals surface area contributed by atoms with Crippen molar-refractivity contribution >= 4 is 17.6 Å². The van der Waals surface area contributed by atoms with E-state index in [0.29, 0.717) is 0 Å². The molecular formula is C5H3GeMnO5. The molecule has 5 nitrogen and oxygen atoms in total. The van der Waals surface area contributed by atoms with Gasteiger partial charge in [0.05, 0.1) is 0 Å². The summed E-state index contributed by atoms with van der Waals surface area (Å²) in [4.78, 5) is 0. The molecule has 0 aliphatic rings. The fourth-order valence-corrected chi connectivity index (χ4v) is 0. The summed E-state index contributed by atoms with van der Waals surface area (Å²) in [7, 11) is 0. The van der Waals surface area contributed by atoms with Crippen molar-refractivity contribution in [2.24, 2.45) is 0 Å². The van der Waals surface area contributed by atoms with Crippen LogP contribution in [0.3, 0.4) is 0 Å². The van der Waals surface area contributed by atoms with Gasteiger partial charge in [-0.2, -0.15) is 0 Å². The van der Waals surface area contributed by atoms with Crippen LogP contribution in [0.5, 0.6) is 0 Å². The molecular weight excluding hydrogens is 268 g/mol. The Morgan fingerprint density at radius 2 is 0.417 bits per heavy atom. The van der Waals surface area contributed by atoms with Crippen LogP contribution in [-0.4, -0.2) is 17.6 Å². The van der Waals surface area contributed by atoms with Gasteiger partial charge >= 0.3 is 74.1 Å². The second kappa shape index (κ2) is 18200. The van der Waals surface area contributed by atoms with Crippen LogP contribution in [0.1, 0.15) is 0 Å². The molecule has 0 amide bonds. The Kier molecular flexibility index (Phi) is 90900. The summed E-state index contributed by atoms with van der Waals surface area (Å²) in [5, 5.41) is 0. The van der Waals surface area contributed by atoms with Gasteiger partial charge in [-0.1, -0.05) is 0 Å². The van der Waals surface area contributed by atoms with Crippen LogP contribution in [0.15, 0.2) is 0 Å². The summed E-state index contributed by atoms with van der Waals surface area (Å²) in [5.41, 5.74) is 0. The molecule has 0 N–H and O–H groups in total. The van der Waals surface area contributed by atoms with Crippen LogP contribution in [0, 0.1) is 33.3 Å². The number of hydrogen-bond donors (Lipinski definition) is 0. The van der Waals surface area contributed by atoms with E-state index >= 15 is 0 Å². The third-order valence-electron chi connectivity index (χ3n) is 0. The van der Waals surface area contributed by atoms with Crippen molar-refractivity contribution in [1.82, 2.24) is 0 Å². The second-order valence-electron chi connectivity index (χ2n) is 0. The van der Waals surface area contributed by atoms with Gasteiger partial charge in [-0.25, -0.2) is 0 Å². The first-order valence-corrected chi connectivity index (χ1v) is 1.02. The molecule has 7 heteroatoms. The van der Waals surface area contributed by atoms with Crippen LogP contribution < -0.4 is 0 Å². The van der Waals surface area contributed by atoms with E-state index in [0.717, 1.165) is 0 Å². The SMILES string of the molecule is [C-]#[O+].[C-]#[O+].[C-]#[O+].[C-]#[O+].[C-]#[O+].[GeH3].[Mn]. The first kappa shape index (κ1) is 60.1. The smallest absolute Gasteiger partial charge is 0 e. The predicted molar refractivity (Wildman–Crippen MR) is 29.6 cm³/mol. The summed E-state index contributed by atoms with van der Waals surface area (Å²) in [6, 6.07) is 0.